The summed E-state index contributed by atoms with van der Waals surface area (Å²) in [5.41, 5.74) is 13.6. The summed E-state index contributed by atoms with van der Waals surface area (Å²) in [6.07, 6.45) is 2.26. The van der Waals surface area contributed by atoms with Crippen LogP contribution in [0.25, 0.3) is 77.2 Å². The van der Waals surface area contributed by atoms with E-state index in [0.29, 0.717) is 69.8 Å². The third-order valence-electron chi connectivity index (χ3n) is 19.0. The molecular weight excluding hydrogens is 1700 g/mol. The molecule has 8 aromatic carbocycles. The Morgan fingerprint density at radius 1 is 0.402 bits per heavy atom. The molecule has 0 saturated carbocycles. The zero-order valence-corrected chi connectivity index (χ0v) is 75.5. The minimum Gasteiger partial charge on any atom is 0 e. The second-order valence-corrected chi connectivity index (χ2v) is 66.7. The van der Waals surface area contributed by atoms with Crippen molar-refractivity contribution in [2.24, 2.45) is 10.8 Å². The van der Waals surface area contributed by atoms with E-state index in [9.17, 15) is 10.2 Å². The zero-order valence-electron chi connectivity index (χ0n) is 64.5. The molecule has 14 heteroatoms. The summed E-state index contributed by atoms with van der Waals surface area (Å²) >= 11 is 3.65. The quantitative estimate of drug-likeness (QED) is 0.0648. The summed E-state index contributed by atoms with van der Waals surface area (Å²) < 4.78 is 26.7. The number of halogens is 6. The maximum atomic E-state index is 16.2. The molecule has 0 aliphatic heterocycles. The molecule has 2 aromatic heterocycles. The maximum absolute atomic E-state index is 16.2. The van der Waals surface area contributed by atoms with Gasteiger partial charge in [0.15, 0.2) is 13.2 Å². The van der Waals surface area contributed by atoms with E-state index in [1.165, 1.54) is 34.4 Å². The Bertz CT molecular complexity index is 4220. The number of benzene rings is 8. The number of aromatic nitrogens is 2. The molecule has 552 valence electrons. The van der Waals surface area contributed by atoms with E-state index in [1.54, 1.807) is 6.07 Å². The summed E-state index contributed by atoms with van der Waals surface area (Å²) in [6, 6.07) is 46.0. The smallest absolute Gasteiger partial charge is 0 e. The van der Waals surface area contributed by atoms with Gasteiger partial charge in [0.2, 0.25) is 11.5 Å². The topological polar surface area (TPSA) is 55.7 Å². The Morgan fingerprint density at radius 3 is 0.971 bits per heavy atom. The number of nitrogens with zero attached hydrogens (tertiary/aromatic N) is 2. The number of phenolic OH excluding ortho intramolecular Hbond substituents is 2. The molecule has 0 unspecified atom stereocenters. The van der Waals surface area contributed by atoms with E-state index in [2.05, 4.69) is 281 Å². The Hall–Kier alpha value is -4.32. The van der Waals surface area contributed by atoms with E-state index < -0.39 is 21.1 Å². The minimum absolute atomic E-state index is 0. The van der Waals surface area contributed by atoms with Crippen molar-refractivity contribution < 1.29 is 64.4 Å². The van der Waals surface area contributed by atoms with Crippen molar-refractivity contribution in [3.63, 3.8) is 0 Å². The van der Waals surface area contributed by atoms with Crippen LogP contribution in [0.4, 0.5) is 4.39 Å². The van der Waals surface area contributed by atoms with Crippen LogP contribution >= 0.6 is 45.9 Å². The van der Waals surface area contributed by atoms with Crippen LogP contribution in [0.2, 0.25) is 5.02 Å². The van der Waals surface area contributed by atoms with Gasteiger partial charge >= 0.3 is 49.5 Å². The van der Waals surface area contributed by atoms with Crippen molar-refractivity contribution in [3.8, 4) is 56.6 Å². The predicted octanol–water partition coefficient (Wildman–Crippen LogP) is 29.5. The average Bonchev–Trinajstić information content (AvgIpc) is 1.55. The Balaban J connectivity index is 0.00000201. The number of hydrogen-bond acceptors (Lipinski definition) is 2. The van der Waals surface area contributed by atoms with Gasteiger partial charge in [0.05, 0.1) is 44.6 Å². The number of fused-ring (bicyclic) bond motifs is 6. The van der Waals surface area contributed by atoms with Crippen LogP contribution in [-0.2, 0) is 82.3 Å². The molecule has 6 nitrogen and oxygen atoms in total. The van der Waals surface area contributed by atoms with E-state index in [4.69, 9.17) is 45.9 Å². The van der Waals surface area contributed by atoms with Crippen molar-refractivity contribution in [3.05, 3.63) is 207 Å². The maximum Gasteiger partial charge on any atom is 0 e. The molecule has 0 spiro atoms. The predicted molar refractivity (Wildman–Crippen MR) is 439 cm³/mol. The van der Waals surface area contributed by atoms with Crippen molar-refractivity contribution >= 4 is 89.5 Å². The van der Waals surface area contributed by atoms with Crippen LogP contribution in [0.3, 0.4) is 0 Å². The molecule has 2 N–H and O–H groups in total. The molecule has 10 aromatic rings. The van der Waals surface area contributed by atoms with Gasteiger partial charge in [-0.15, -0.1) is 0 Å². The molecule has 0 radical (unpaired) electrons. The van der Waals surface area contributed by atoms with Gasteiger partial charge in [-0.3, -0.25) is 0 Å². The van der Waals surface area contributed by atoms with E-state index in [0.717, 1.165) is 67.6 Å². The minimum atomic E-state index is -3.39. The molecular formula is C88H114Cl5FHf2N2O4-2. The third-order valence-corrected chi connectivity index (χ3v) is 19.3. The number of phenols is 2. The molecule has 0 amide bonds. The van der Waals surface area contributed by atoms with Crippen LogP contribution < -0.4 is 0 Å². The van der Waals surface area contributed by atoms with Gasteiger partial charge in [0, 0.05) is 75.7 Å². The first-order chi connectivity index (χ1) is 44.8. The standard InChI is InChI=1S/C85H104ClFN2O4.CH4.2CH3.4ClH.2Hf/c1-78(2,3)50-84(19,20)56-44-66(76(90)72(46-56)88-68-32-26-52(80(7,8)9)40-60(68)61-41-53(81(10,11)12)27-33-69(61)88)64-48-58(86)30-36-74(64)92(23)38-25-39-93(24)75-37-31-59(87)49-65(75)67-45-57(85(21,22)51-79(4,5)6)47-73(77(67)91)89-70-34-28-54(82(13,14)15)42-62(70)63-43-55(83(16,17)18)29-35-71(63)89;;;;;;;;;/h26-37,40-49,90-91H,23-25,38-39,50-51H2,1-22H3;1H4;2*1H3;4*1H;;/q;;2*-1;;;;;;+4/p-4. The Labute approximate surface area is 655 Å². The zero-order chi connectivity index (χ0) is 72.9. The van der Waals surface area contributed by atoms with Crippen LogP contribution in [0.15, 0.2) is 133 Å². The van der Waals surface area contributed by atoms with Gasteiger partial charge in [-0.2, -0.15) is 0 Å². The van der Waals surface area contributed by atoms with Crippen LogP contribution in [0, 0.1) is 45.7 Å². The summed E-state index contributed by atoms with van der Waals surface area (Å²) in [4.78, 5) is 0. The van der Waals surface area contributed by atoms with E-state index in [1.807, 2.05) is 18.2 Å². The number of hydrogen-bond donors (Lipinski definition) is 2. The molecule has 102 heavy (non-hydrogen) atoms. The summed E-state index contributed by atoms with van der Waals surface area (Å²) in [7, 11) is 29.3. The molecule has 2 heterocycles. The number of aromatic hydroxyl groups is 2. The summed E-state index contributed by atoms with van der Waals surface area (Å²) in [5, 5.41) is 31.4. The molecule has 0 aliphatic rings. The average molecular weight is 1820 g/mol. The van der Waals surface area contributed by atoms with Gasteiger partial charge in [-0.25, -0.2) is 4.39 Å². The third kappa shape index (κ3) is 19.9. The monoisotopic (exact) mass is 1820 g/mol. The molecule has 10 rings (SSSR count). The van der Waals surface area contributed by atoms with Crippen molar-refractivity contribution in [1.82, 2.24) is 9.13 Å². The van der Waals surface area contributed by atoms with E-state index >= 15 is 4.39 Å². The fourth-order valence-corrected chi connectivity index (χ4v) is 14.8. The Morgan fingerprint density at radius 2 is 0.686 bits per heavy atom. The van der Waals surface area contributed by atoms with Crippen molar-refractivity contribution in [1.29, 1.82) is 0 Å². The van der Waals surface area contributed by atoms with Crippen LogP contribution in [-0.4, -0.2) is 32.6 Å². The van der Waals surface area contributed by atoms with Gasteiger partial charge in [-0.1, -0.05) is 196 Å². The molecule has 0 atom stereocenters. The van der Waals surface area contributed by atoms with E-state index in [-0.39, 0.29) is 103 Å². The van der Waals surface area contributed by atoms with Gasteiger partial charge in [0.25, 0.3) is 0 Å². The first kappa shape index (κ1) is 88.3. The van der Waals surface area contributed by atoms with Crippen LogP contribution in [0.1, 0.15) is 212 Å². The molecule has 0 saturated heterocycles. The fraction of sp³-hybridized carbons (Fsp3) is 0.409. The number of rotatable bonds is 14. The largest absolute Gasteiger partial charge is 0 e. The summed E-state index contributed by atoms with van der Waals surface area (Å²) in [6.45, 7) is 50.5. The SMILES string of the molecule is C.[CH2-][O+](CCC[O+]([CH2-])c1ccc(Cl)cc1-c1cc(C(C)(C)CC(C)(C)C)cc(-n2c3ccc(C(C)(C)C)cc3c3cc(C(C)(C)C)ccc32)c1O)c1ccc(F)cc1-c1cc(C(C)(C)CC(C)(C)C)cc(-n2c3ccc(C(C)(C)C)cc3c3cc(C(C)(C)C)ccc32)c1O.[CH3-].[CH3-].[Cl][Hf]([Cl])([Cl])[Cl].[Hf]. The fourth-order valence-electron chi connectivity index (χ4n) is 14.6. The summed E-state index contributed by atoms with van der Waals surface area (Å²) in [5.74, 6) is 1.04. The second kappa shape index (κ2) is 31.9. The normalized spacial score (nSPS) is 12.8. The second-order valence-electron chi connectivity index (χ2n) is 35.1. The van der Waals surface area contributed by atoms with Gasteiger partial charge in [0.1, 0.15) is 23.7 Å². The molecule has 0 fully saturated rings. The Kier molecular flexibility index (Phi) is 27.6. The molecule has 0 aliphatic carbocycles. The van der Waals surface area contributed by atoms with Crippen molar-refractivity contribution in [2.75, 3.05) is 13.2 Å². The van der Waals surface area contributed by atoms with Gasteiger partial charge < -0.3 is 42.9 Å². The molecule has 0 bridgehead atoms. The van der Waals surface area contributed by atoms with Gasteiger partial charge in [-0.05, 0) is 201 Å². The van der Waals surface area contributed by atoms with Crippen LogP contribution in [0.5, 0.6) is 23.0 Å². The first-order valence-electron chi connectivity index (χ1n) is 34.1. The first-order valence-corrected chi connectivity index (χ1v) is 52.3. The van der Waals surface area contributed by atoms with Crippen molar-refractivity contribution in [2.45, 2.75) is 212 Å².